The SMILES string of the molecule is Nc1nc(CNC(=O)c2coc(COc3ccc(F)cc3Cl)n2)cs1. The number of benzene rings is 1. The predicted octanol–water partition coefficient (Wildman–Crippen LogP) is 3.01. The molecule has 2 heterocycles. The minimum Gasteiger partial charge on any atom is -0.482 e. The van der Waals surface area contributed by atoms with Crippen molar-refractivity contribution in [1.82, 2.24) is 15.3 Å². The fourth-order valence-corrected chi connectivity index (χ4v) is 2.66. The third-order valence-electron chi connectivity index (χ3n) is 3.03. The molecule has 2 aromatic heterocycles. The van der Waals surface area contributed by atoms with Gasteiger partial charge in [0.25, 0.3) is 5.91 Å². The maximum absolute atomic E-state index is 13.0. The monoisotopic (exact) mass is 382 g/mol. The highest BCUT2D eigenvalue weighted by atomic mass is 35.5. The Labute approximate surface area is 150 Å². The van der Waals surface area contributed by atoms with Gasteiger partial charge in [0.2, 0.25) is 5.89 Å². The van der Waals surface area contributed by atoms with Crippen LogP contribution in [0.3, 0.4) is 0 Å². The number of hydrogen-bond acceptors (Lipinski definition) is 7. The normalized spacial score (nSPS) is 10.6. The van der Waals surface area contributed by atoms with Gasteiger partial charge in [-0.1, -0.05) is 11.6 Å². The van der Waals surface area contributed by atoms with Crippen molar-refractivity contribution in [1.29, 1.82) is 0 Å². The van der Waals surface area contributed by atoms with Crippen LogP contribution in [0.1, 0.15) is 22.1 Å². The molecule has 0 spiro atoms. The highest BCUT2D eigenvalue weighted by Crippen LogP contribution is 2.25. The van der Waals surface area contributed by atoms with Gasteiger partial charge in [-0.3, -0.25) is 4.79 Å². The summed E-state index contributed by atoms with van der Waals surface area (Å²) in [6.07, 6.45) is 1.22. The Balaban J connectivity index is 1.55. The standard InChI is InChI=1S/C15H12ClFN4O3S/c16-10-3-8(17)1-2-12(10)23-6-13-21-11(5-24-13)14(22)19-4-9-7-25-15(18)20-9/h1-3,5,7H,4,6H2,(H2,18,20)(H,19,22). The van der Waals surface area contributed by atoms with E-state index in [1.165, 1.54) is 29.7 Å². The van der Waals surface area contributed by atoms with Crippen LogP contribution in [0.5, 0.6) is 5.75 Å². The highest BCUT2D eigenvalue weighted by molar-refractivity contribution is 7.13. The second kappa shape index (κ2) is 7.49. The second-order valence-electron chi connectivity index (χ2n) is 4.85. The lowest BCUT2D eigenvalue weighted by Gasteiger charge is -2.05. The van der Waals surface area contributed by atoms with E-state index in [0.29, 0.717) is 10.8 Å². The van der Waals surface area contributed by atoms with Crippen molar-refractivity contribution in [2.24, 2.45) is 0 Å². The lowest BCUT2D eigenvalue weighted by atomic mass is 10.3. The first-order valence-corrected chi connectivity index (χ1v) is 8.27. The molecule has 1 amide bonds. The summed E-state index contributed by atoms with van der Waals surface area (Å²) in [6, 6.07) is 3.76. The molecule has 0 aliphatic heterocycles. The number of aromatic nitrogens is 2. The maximum atomic E-state index is 13.0. The molecular formula is C15H12ClFN4O3S. The molecule has 25 heavy (non-hydrogen) atoms. The first-order valence-electron chi connectivity index (χ1n) is 7.01. The molecule has 1 aromatic carbocycles. The van der Waals surface area contributed by atoms with Gasteiger partial charge in [-0.05, 0) is 18.2 Å². The van der Waals surface area contributed by atoms with E-state index < -0.39 is 11.7 Å². The third-order valence-corrected chi connectivity index (χ3v) is 4.05. The van der Waals surface area contributed by atoms with E-state index in [-0.39, 0.29) is 35.5 Å². The predicted molar refractivity (Wildman–Crippen MR) is 89.9 cm³/mol. The van der Waals surface area contributed by atoms with Crippen LogP contribution in [0.15, 0.2) is 34.3 Å². The van der Waals surface area contributed by atoms with E-state index >= 15 is 0 Å². The molecule has 0 aliphatic carbocycles. The third kappa shape index (κ3) is 4.46. The zero-order chi connectivity index (χ0) is 17.8. The topological polar surface area (TPSA) is 103 Å². The number of amides is 1. The Bertz CT molecular complexity index is 899. The first kappa shape index (κ1) is 17.2. The Morgan fingerprint density at radius 2 is 2.28 bits per heavy atom. The van der Waals surface area contributed by atoms with Crippen molar-refractivity contribution >= 4 is 34.0 Å². The average molecular weight is 383 g/mol. The minimum atomic E-state index is -0.464. The fraction of sp³-hybridized carbons (Fsp3) is 0.133. The molecule has 0 radical (unpaired) electrons. The van der Waals surface area contributed by atoms with E-state index in [9.17, 15) is 9.18 Å². The number of hydrogen-bond donors (Lipinski definition) is 2. The van der Waals surface area contributed by atoms with E-state index in [2.05, 4.69) is 15.3 Å². The van der Waals surface area contributed by atoms with Gasteiger partial charge < -0.3 is 20.2 Å². The van der Waals surface area contributed by atoms with Crippen molar-refractivity contribution in [3.8, 4) is 5.75 Å². The number of nitrogens with zero attached hydrogens (tertiary/aromatic N) is 2. The molecule has 3 rings (SSSR count). The van der Waals surface area contributed by atoms with Crippen LogP contribution in [0.2, 0.25) is 5.02 Å². The van der Waals surface area contributed by atoms with E-state index in [1.54, 1.807) is 5.38 Å². The highest BCUT2D eigenvalue weighted by Gasteiger charge is 2.13. The van der Waals surface area contributed by atoms with Crippen molar-refractivity contribution in [2.45, 2.75) is 13.2 Å². The average Bonchev–Trinajstić information content (AvgIpc) is 3.21. The van der Waals surface area contributed by atoms with Crippen LogP contribution in [0, 0.1) is 5.82 Å². The number of oxazole rings is 1. The quantitative estimate of drug-likeness (QED) is 0.679. The lowest BCUT2D eigenvalue weighted by molar-refractivity contribution is 0.0945. The molecule has 3 aromatic rings. The zero-order valence-electron chi connectivity index (χ0n) is 12.7. The zero-order valence-corrected chi connectivity index (χ0v) is 14.2. The Hall–Kier alpha value is -2.65. The summed E-state index contributed by atoms with van der Waals surface area (Å²) < 4.78 is 23.5. The number of ether oxygens (including phenoxy) is 1. The Kier molecular flexibility index (Phi) is 5.15. The maximum Gasteiger partial charge on any atom is 0.273 e. The van der Waals surface area contributed by atoms with E-state index in [4.69, 9.17) is 26.5 Å². The molecule has 0 unspecified atom stereocenters. The van der Waals surface area contributed by atoms with Gasteiger partial charge in [-0.25, -0.2) is 14.4 Å². The van der Waals surface area contributed by atoms with Gasteiger partial charge in [0, 0.05) is 5.38 Å². The van der Waals surface area contributed by atoms with Crippen LogP contribution in [0.4, 0.5) is 9.52 Å². The Morgan fingerprint density at radius 3 is 3.00 bits per heavy atom. The van der Waals surface area contributed by atoms with Gasteiger partial charge >= 0.3 is 0 Å². The molecule has 0 atom stereocenters. The van der Waals surface area contributed by atoms with Gasteiger partial charge in [0.15, 0.2) is 17.4 Å². The summed E-state index contributed by atoms with van der Waals surface area (Å²) in [5.74, 6) is -0.410. The number of halogens is 2. The van der Waals surface area contributed by atoms with Crippen LogP contribution in [-0.2, 0) is 13.2 Å². The van der Waals surface area contributed by atoms with Crippen molar-refractivity contribution in [2.75, 3.05) is 5.73 Å². The van der Waals surface area contributed by atoms with Crippen molar-refractivity contribution in [3.05, 3.63) is 58.0 Å². The molecule has 7 nitrogen and oxygen atoms in total. The summed E-state index contributed by atoms with van der Waals surface area (Å²) in [6.45, 7) is 0.178. The summed E-state index contributed by atoms with van der Waals surface area (Å²) in [5, 5.41) is 4.98. The largest absolute Gasteiger partial charge is 0.482 e. The minimum absolute atomic E-state index is 0.0543. The molecule has 130 valence electrons. The summed E-state index contributed by atoms with van der Waals surface area (Å²) in [5.41, 5.74) is 6.29. The van der Waals surface area contributed by atoms with Crippen molar-refractivity contribution in [3.63, 3.8) is 0 Å². The van der Waals surface area contributed by atoms with Crippen LogP contribution < -0.4 is 15.8 Å². The smallest absolute Gasteiger partial charge is 0.273 e. The molecular weight excluding hydrogens is 371 g/mol. The van der Waals surface area contributed by atoms with Gasteiger partial charge in [-0.15, -0.1) is 11.3 Å². The molecule has 0 fully saturated rings. The Morgan fingerprint density at radius 1 is 1.44 bits per heavy atom. The van der Waals surface area contributed by atoms with Crippen LogP contribution >= 0.6 is 22.9 Å². The number of thiazole rings is 1. The number of nitrogens with two attached hydrogens (primary N) is 1. The van der Waals surface area contributed by atoms with Crippen LogP contribution in [-0.4, -0.2) is 15.9 Å². The van der Waals surface area contributed by atoms with Crippen LogP contribution in [0.25, 0.3) is 0 Å². The number of carbonyl (C=O) groups is 1. The second-order valence-corrected chi connectivity index (χ2v) is 6.15. The first-order chi connectivity index (χ1) is 12.0. The number of rotatable bonds is 6. The summed E-state index contributed by atoms with van der Waals surface area (Å²) in [7, 11) is 0. The number of carbonyl (C=O) groups excluding carboxylic acids is 1. The lowest BCUT2D eigenvalue weighted by Crippen LogP contribution is -2.23. The molecule has 3 N–H and O–H groups in total. The van der Waals surface area contributed by atoms with Gasteiger partial charge in [-0.2, -0.15) is 0 Å². The molecule has 0 aliphatic rings. The molecule has 0 saturated carbocycles. The van der Waals surface area contributed by atoms with Crippen molar-refractivity contribution < 1.29 is 18.3 Å². The number of nitrogen functional groups attached to an aromatic ring is 1. The number of nitrogens with one attached hydrogen (secondary N) is 1. The number of anilines is 1. The van der Waals surface area contributed by atoms with Gasteiger partial charge in [0.05, 0.1) is 17.3 Å². The van der Waals surface area contributed by atoms with E-state index in [1.807, 2.05) is 0 Å². The molecule has 10 heteroatoms. The van der Waals surface area contributed by atoms with E-state index in [0.717, 1.165) is 6.07 Å². The van der Waals surface area contributed by atoms with Gasteiger partial charge in [0.1, 0.15) is 17.8 Å². The fourth-order valence-electron chi connectivity index (χ4n) is 1.88. The molecule has 0 saturated heterocycles. The summed E-state index contributed by atoms with van der Waals surface area (Å²) in [4.78, 5) is 20.1. The molecule has 0 bridgehead atoms. The summed E-state index contributed by atoms with van der Waals surface area (Å²) >= 11 is 7.15.